The van der Waals surface area contributed by atoms with Crippen molar-refractivity contribution in [3.05, 3.63) is 66.3 Å². The number of amidine groups is 1. The summed E-state index contributed by atoms with van der Waals surface area (Å²) in [5, 5.41) is 4.69. The molecule has 0 aliphatic heterocycles. The van der Waals surface area contributed by atoms with Gasteiger partial charge < -0.3 is 22.1 Å². The summed E-state index contributed by atoms with van der Waals surface area (Å²) in [5.41, 5.74) is 15.4. The SMILES string of the molecule is C/C(=C/N)N=C(N)c1ccn2c(-c3cccc(NC(=O)NCC(C)(F)F)c3)cnc2c1. The number of fused-ring (bicyclic) bond motifs is 1. The number of carbonyl (C=O) groups is 1. The van der Waals surface area contributed by atoms with Crippen molar-refractivity contribution in [3.63, 3.8) is 0 Å². The maximum absolute atomic E-state index is 12.9. The molecule has 1 aromatic carbocycles. The van der Waals surface area contributed by atoms with Crippen LogP contribution in [-0.2, 0) is 0 Å². The van der Waals surface area contributed by atoms with Crippen LogP contribution in [0.15, 0.2) is 65.7 Å². The van der Waals surface area contributed by atoms with E-state index in [-0.39, 0.29) is 0 Å². The fourth-order valence-corrected chi connectivity index (χ4v) is 2.81. The van der Waals surface area contributed by atoms with E-state index in [9.17, 15) is 13.6 Å². The van der Waals surface area contributed by atoms with Crippen LogP contribution in [-0.4, -0.2) is 33.7 Å². The molecule has 0 atom stereocenters. The quantitative estimate of drug-likeness (QED) is 0.356. The van der Waals surface area contributed by atoms with Gasteiger partial charge in [0.05, 0.1) is 24.1 Å². The number of amides is 2. The summed E-state index contributed by atoms with van der Waals surface area (Å²) in [6.45, 7) is 1.73. The summed E-state index contributed by atoms with van der Waals surface area (Å²) in [4.78, 5) is 20.5. The van der Waals surface area contributed by atoms with Crippen molar-refractivity contribution in [1.29, 1.82) is 0 Å². The predicted octanol–water partition coefficient (Wildman–Crippen LogP) is 3.30. The number of nitrogens with one attached hydrogen (secondary N) is 2. The number of nitrogens with two attached hydrogens (primary N) is 2. The number of hydrogen-bond acceptors (Lipinski definition) is 4. The molecule has 0 unspecified atom stereocenters. The number of nitrogens with zero attached hydrogens (tertiary/aromatic N) is 3. The molecule has 31 heavy (non-hydrogen) atoms. The minimum atomic E-state index is -2.98. The maximum atomic E-state index is 12.9. The minimum Gasteiger partial charge on any atom is -0.403 e. The average Bonchev–Trinajstić information content (AvgIpc) is 3.15. The van der Waals surface area contributed by atoms with Gasteiger partial charge in [0, 0.05) is 36.1 Å². The van der Waals surface area contributed by atoms with E-state index in [1.165, 1.54) is 6.20 Å². The van der Waals surface area contributed by atoms with Gasteiger partial charge in [0.1, 0.15) is 11.5 Å². The van der Waals surface area contributed by atoms with Crippen LogP contribution in [0.2, 0.25) is 0 Å². The van der Waals surface area contributed by atoms with E-state index in [1.54, 1.807) is 43.5 Å². The highest BCUT2D eigenvalue weighted by molar-refractivity contribution is 5.99. The second-order valence-corrected chi connectivity index (χ2v) is 7.05. The minimum absolute atomic E-state index is 0.320. The Morgan fingerprint density at radius 2 is 2.10 bits per heavy atom. The van der Waals surface area contributed by atoms with Gasteiger partial charge >= 0.3 is 6.03 Å². The first-order valence-electron chi connectivity index (χ1n) is 9.39. The first-order valence-corrected chi connectivity index (χ1v) is 9.39. The molecule has 8 nitrogen and oxygen atoms in total. The number of allylic oxidation sites excluding steroid dienone is 1. The molecule has 0 aliphatic rings. The largest absolute Gasteiger partial charge is 0.403 e. The molecule has 2 heterocycles. The van der Waals surface area contributed by atoms with Crippen LogP contribution in [0.4, 0.5) is 19.3 Å². The van der Waals surface area contributed by atoms with Crippen molar-refractivity contribution < 1.29 is 13.6 Å². The first kappa shape index (κ1) is 21.8. The molecule has 162 valence electrons. The highest BCUT2D eigenvalue weighted by Gasteiger charge is 2.21. The zero-order chi connectivity index (χ0) is 22.6. The van der Waals surface area contributed by atoms with Crippen LogP contribution in [0.1, 0.15) is 19.4 Å². The third-order valence-corrected chi connectivity index (χ3v) is 4.32. The molecule has 0 radical (unpaired) electrons. The topological polar surface area (TPSA) is 123 Å². The third-order valence-electron chi connectivity index (χ3n) is 4.32. The molecular formula is C21H23F2N7O. The Kier molecular flexibility index (Phi) is 6.19. The molecule has 3 aromatic rings. The van der Waals surface area contributed by atoms with Crippen LogP contribution in [0, 0.1) is 0 Å². The molecule has 0 fully saturated rings. The van der Waals surface area contributed by atoms with Gasteiger partial charge in [0.2, 0.25) is 0 Å². The van der Waals surface area contributed by atoms with Crippen molar-refractivity contribution >= 4 is 23.2 Å². The van der Waals surface area contributed by atoms with Gasteiger partial charge in [-0.25, -0.2) is 23.6 Å². The number of halogens is 2. The fraction of sp³-hybridized carbons (Fsp3) is 0.190. The Morgan fingerprint density at radius 1 is 1.32 bits per heavy atom. The first-order chi connectivity index (χ1) is 14.7. The summed E-state index contributed by atoms with van der Waals surface area (Å²) < 4.78 is 27.7. The second kappa shape index (κ2) is 8.82. The molecule has 0 saturated heterocycles. The van der Waals surface area contributed by atoms with Crippen molar-refractivity contribution in [2.45, 2.75) is 19.8 Å². The number of imidazole rings is 1. The number of hydrogen-bond donors (Lipinski definition) is 4. The summed E-state index contributed by atoms with van der Waals surface area (Å²) in [6, 6.07) is 9.89. The molecule has 6 N–H and O–H groups in total. The normalized spacial score (nSPS) is 12.8. The van der Waals surface area contributed by atoms with Crippen molar-refractivity contribution in [1.82, 2.24) is 14.7 Å². The third kappa shape index (κ3) is 5.56. The van der Waals surface area contributed by atoms with Crippen molar-refractivity contribution in [3.8, 4) is 11.3 Å². The zero-order valence-electron chi connectivity index (χ0n) is 17.1. The predicted molar refractivity (Wildman–Crippen MR) is 117 cm³/mol. The lowest BCUT2D eigenvalue weighted by atomic mass is 10.1. The second-order valence-electron chi connectivity index (χ2n) is 7.05. The molecule has 0 bridgehead atoms. The molecule has 3 rings (SSSR count). The highest BCUT2D eigenvalue weighted by Crippen LogP contribution is 2.24. The van der Waals surface area contributed by atoms with E-state index in [4.69, 9.17) is 11.5 Å². The Morgan fingerprint density at radius 3 is 2.81 bits per heavy atom. The van der Waals surface area contributed by atoms with Gasteiger partial charge in [-0.2, -0.15) is 0 Å². The summed E-state index contributed by atoms with van der Waals surface area (Å²) in [5.74, 6) is -2.66. The maximum Gasteiger partial charge on any atom is 0.319 e. The highest BCUT2D eigenvalue weighted by atomic mass is 19.3. The van der Waals surface area contributed by atoms with Gasteiger partial charge in [-0.05, 0) is 31.2 Å². The number of rotatable bonds is 6. The molecule has 0 saturated carbocycles. The number of benzene rings is 1. The number of alkyl halides is 2. The molecule has 0 spiro atoms. The van der Waals surface area contributed by atoms with Crippen LogP contribution in [0.3, 0.4) is 0 Å². The Hall–Kier alpha value is -3.95. The number of anilines is 1. The number of pyridine rings is 1. The van der Waals surface area contributed by atoms with Gasteiger partial charge in [-0.1, -0.05) is 12.1 Å². The lowest BCUT2D eigenvalue weighted by Gasteiger charge is -2.12. The van der Waals surface area contributed by atoms with E-state index in [0.717, 1.165) is 18.2 Å². The Labute approximate surface area is 177 Å². The van der Waals surface area contributed by atoms with Gasteiger partial charge in [-0.15, -0.1) is 0 Å². The Balaban J connectivity index is 1.83. The van der Waals surface area contributed by atoms with Crippen molar-refractivity contribution in [2.75, 3.05) is 11.9 Å². The smallest absolute Gasteiger partial charge is 0.319 e. The molecule has 2 amide bonds. The lowest BCUT2D eigenvalue weighted by Crippen LogP contribution is -2.37. The van der Waals surface area contributed by atoms with Crippen molar-refractivity contribution in [2.24, 2.45) is 16.5 Å². The monoisotopic (exact) mass is 427 g/mol. The Bertz CT molecular complexity index is 1160. The molecule has 10 heteroatoms. The van der Waals surface area contributed by atoms with Crippen LogP contribution in [0.25, 0.3) is 16.9 Å². The zero-order valence-corrected chi connectivity index (χ0v) is 17.1. The van der Waals surface area contributed by atoms with Crippen LogP contribution >= 0.6 is 0 Å². The summed E-state index contributed by atoms with van der Waals surface area (Å²) in [7, 11) is 0. The number of carbonyl (C=O) groups excluding carboxylic acids is 1. The van der Waals surface area contributed by atoms with E-state index >= 15 is 0 Å². The standard InChI is InChI=1S/C21H23F2N7O/c1-13(10-24)28-19(25)15-6-7-30-17(11-26-18(30)9-15)14-4-3-5-16(8-14)29-20(31)27-12-21(2,22)23/h3-11H,12,24H2,1-2H3,(H2,25,28)(H2,27,29,31)/b13-10-. The van der Waals surface area contributed by atoms with Gasteiger partial charge in [-0.3, -0.25) is 4.40 Å². The molecule has 2 aromatic heterocycles. The average molecular weight is 427 g/mol. The van der Waals surface area contributed by atoms with Crippen LogP contribution < -0.4 is 22.1 Å². The number of aromatic nitrogens is 2. The summed E-state index contributed by atoms with van der Waals surface area (Å²) >= 11 is 0. The van der Waals surface area contributed by atoms with E-state index in [0.29, 0.717) is 28.4 Å². The van der Waals surface area contributed by atoms with Crippen LogP contribution in [0.5, 0.6) is 0 Å². The molecular weight excluding hydrogens is 404 g/mol. The summed E-state index contributed by atoms with van der Waals surface area (Å²) in [6.07, 6.45) is 4.87. The van der Waals surface area contributed by atoms with E-state index < -0.39 is 18.5 Å². The van der Waals surface area contributed by atoms with E-state index in [2.05, 4.69) is 20.6 Å². The molecule has 0 aliphatic carbocycles. The lowest BCUT2D eigenvalue weighted by molar-refractivity contribution is 0.0257. The van der Waals surface area contributed by atoms with E-state index in [1.807, 2.05) is 16.7 Å². The van der Waals surface area contributed by atoms with Gasteiger partial charge in [0.15, 0.2) is 0 Å². The fourth-order valence-electron chi connectivity index (χ4n) is 2.81. The number of urea groups is 1. The number of aliphatic imine (C=N–C) groups is 1. The van der Waals surface area contributed by atoms with Gasteiger partial charge in [0.25, 0.3) is 5.92 Å².